The third kappa shape index (κ3) is 3.26. The fraction of sp³-hybridized carbons (Fsp3) is 0.750. The second kappa shape index (κ2) is 6.40. The molecule has 0 N–H and O–H groups in total. The number of hydrogen-bond acceptors (Lipinski definition) is 3. The molecule has 150 valence electrons. The van der Waals surface area contributed by atoms with Gasteiger partial charge in [-0.05, 0) is 54.6 Å². The molecule has 3 heteroatoms. The van der Waals surface area contributed by atoms with E-state index < -0.39 is 0 Å². The second-order valence-corrected chi connectivity index (χ2v) is 10.8. The quantitative estimate of drug-likeness (QED) is 0.624. The molecular formula is C24H37NO2. The standard InChI is InChI=1S/C24H37NO2/c1-22(2,3)17-15-18(23(4,5)6)21-19(16-17)27-24(25-13-9-10-14-25)12-8-7-11-20(24)26-21/h15-16,20H,7-14H2,1-6H3/t20-,24-/m0/s1. The van der Waals surface area contributed by atoms with Crippen molar-refractivity contribution in [3.8, 4) is 11.5 Å². The first-order valence-corrected chi connectivity index (χ1v) is 10.9. The first kappa shape index (κ1) is 19.1. The molecule has 1 saturated heterocycles. The summed E-state index contributed by atoms with van der Waals surface area (Å²) >= 11 is 0. The number of benzene rings is 1. The summed E-state index contributed by atoms with van der Waals surface area (Å²) in [6, 6.07) is 4.61. The molecule has 2 atom stereocenters. The number of ether oxygens (including phenoxy) is 2. The summed E-state index contributed by atoms with van der Waals surface area (Å²) in [4.78, 5) is 2.58. The molecule has 4 rings (SSSR count). The van der Waals surface area contributed by atoms with Gasteiger partial charge in [0.2, 0.25) is 5.72 Å². The average molecular weight is 372 g/mol. The van der Waals surface area contributed by atoms with Crippen molar-refractivity contribution in [1.82, 2.24) is 4.90 Å². The van der Waals surface area contributed by atoms with E-state index in [2.05, 4.69) is 58.6 Å². The fourth-order valence-electron chi connectivity index (χ4n) is 5.01. The predicted octanol–water partition coefficient (Wildman–Crippen LogP) is 5.79. The van der Waals surface area contributed by atoms with Crippen LogP contribution in [0.15, 0.2) is 12.1 Å². The lowest BCUT2D eigenvalue weighted by Gasteiger charge is -2.52. The maximum absolute atomic E-state index is 6.98. The van der Waals surface area contributed by atoms with E-state index in [0.29, 0.717) is 0 Å². The van der Waals surface area contributed by atoms with Gasteiger partial charge in [0.1, 0.15) is 0 Å². The van der Waals surface area contributed by atoms with Gasteiger partial charge >= 0.3 is 0 Å². The molecule has 27 heavy (non-hydrogen) atoms. The molecule has 0 bridgehead atoms. The number of fused-ring (bicyclic) bond motifs is 2. The Labute approximate surface area is 165 Å². The summed E-state index contributed by atoms with van der Waals surface area (Å²) in [5.74, 6) is 1.97. The lowest BCUT2D eigenvalue weighted by molar-refractivity contribution is -0.180. The van der Waals surface area contributed by atoms with Crippen molar-refractivity contribution in [2.24, 2.45) is 0 Å². The van der Waals surface area contributed by atoms with Gasteiger partial charge in [-0.15, -0.1) is 0 Å². The van der Waals surface area contributed by atoms with Crippen molar-refractivity contribution in [2.75, 3.05) is 13.1 Å². The van der Waals surface area contributed by atoms with Gasteiger partial charge < -0.3 is 9.47 Å². The van der Waals surface area contributed by atoms with Crippen molar-refractivity contribution in [1.29, 1.82) is 0 Å². The first-order valence-electron chi connectivity index (χ1n) is 10.9. The first-order chi connectivity index (χ1) is 12.6. The van der Waals surface area contributed by atoms with Gasteiger partial charge in [0, 0.05) is 25.1 Å². The molecule has 0 radical (unpaired) electrons. The zero-order valence-electron chi connectivity index (χ0n) is 18.2. The molecule has 2 heterocycles. The van der Waals surface area contributed by atoms with E-state index in [-0.39, 0.29) is 22.7 Å². The monoisotopic (exact) mass is 371 g/mol. The Balaban J connectivity index is 1.84. The van der Waals surface area contributed by atoms with Crippen molar-refractivity contribution in [3.63, 3.8) is 0 Å². The molecule has 0 unspecified atom stereocenters. The average Bonchev–Trinajstić information content (AvgIpc) is 3.12. The van der Waals surface area contributed by atoms with E-state index in [1.165, 1.54) is 36.8 Å². The Morgan fingerprint density at radius 1 is 0.926 bits per heavy atom. The number of hydrogen-bond donors (Lipinski definition) is 0. The zero-order valence-corrected chi connectivity index (χ0v) is 18.2. The van der Waals surface area contributed by atoms with Crippen LogP contribution in [-0.4, -0.2) is 29.8 Å². The Hall–Kier alpha value is -1.22. The highest BCUT2D eigenvalue weighted by Crippen LogP contribution is 2.51. The van der Waals surface area contributed by atoms with Crippen LogP contribution in [0.3, 0.4) is 0 Å². The third-order valence-electron chi connectivity index (χ3n) is 6.67. The van der Waals surface area contributed by atoms with Crippen LogP contribution in [0, 0.1) is 0 Å². The van der Waals surface area contributed by atoms with E-state index in [1.807, 2.05) is 0 Å². The lowest BCUT2D eigenvalue weighted by atomic mass is 9.79. The maximum Gasteiger partial charge on any atom is 0.200 e. The van der Waals surface area contributed by atoms with Gasteiger partial charge in [0.05, 0.1) is 0 Å². The third-order valence-corrected chi connectivity index (χ3v) is 6.67. The number of nitrogens with zero attached hydrogens (tertiary/aromatic N) is 1. The smallest absolute Gasteiger partial charge is 0.200 e. The fourth-order valence-corrected chi connectivity index (χ4v) is 5.01. The predicted molar refractivity (Wildman–Crippen MR) is 111 cm³/mol. The van der Waals surface area contributed by atoms with Gasteiger partial charge in [-0.1, -0.05) is 47.6 Å². The minimum atomic E-state index is -0.257. The Kier molecular flexibility index (Phi) is 4.53. The Morgan fingerprint density at radius 3 is 2.26 bits per heavy atom. The molecule has 3 aliphatic rings. The van der Waals surface area contributed by atoms with E-state index in [4.69, 9.17) is 9.47 Å². The van der Waals surface area contributed by atoms with Gasteiger partial charge in [0.25, 0.3) is 0 Å². The Morgan fingerprint density at radius 2 is 1.63 bits per heavy atom. The molecule has 1 aromatic carbocycles. The molecule has 2 aliphatic heterocycles. The molecule has 2 fully saturated rings. The molecular weight excluding hydrogens is 334 g/mol. The van der Waals surface area contributed by atoms with Crippen LogP contribution in [0.5, 0.6) is 11.5 Å². The van der Waals surface area contributed by atoms with Gasteiger partial charge in [-0.25, -0.2) is 0 Å². The number of rotatable bonds is 1. The van der Waals surface area contributed by atoms with Crippen LogP contribution >= 0.6 is 0 Å². The highest BCUT2D eigenvalue weighted by atomic mass is 16.6. The lowest BCUT2D eigenvalue weighted by Crippen LogP contribution is -2.64. The normalized spacial score (nSPS) is 28.9. The maximum atomic E-state index is 6.98. The summed E-state index contributed by atoms with van der Waals surface area (Å²) in [6.45, 7) is 16.0. The summed E-state index contributed by atoms with van der Waals surface area (Å²) in [6.07, 6.45) is 7.36. The largest absolute Gasteiger partial charge is 0.481 e. The molecule has 0 spiro atoms. The Bertz CT molecular complexity index is 706. The summed E-state index contributed by atoms with van der Waals surface area (Å²) < 4.78 is 13.8. The van der Waals surface area contributed by atoms with Crippen LogP contribution in [0.1, 0.15) is 91.2 Å². The minimum Gasteiger partial charge on any atom is -0.481 e. The van der Waals surface area contributed by atoms with Crippen molar-refractivity contribution in [2.45, 2.75) is 103 Å². The minimum absolute atomic E-state index is 0.0248. The second-order valence-electron chi connectivity index (χ2n) is 10.8. The van der Waals surface area contributed by atoms with Crippen LogP contribution < -0.4 is 9.47 Å². The van der Waals surface area contributed by atoms with Gasteiger partial charge in [-0.2, -0.15) is 0 Å². The molecule has 0 aromatic heterocycles. The highest BCUT2D eigenvalue weighted by molar-refractivity contribution is 5.55. The van der Waals surface area contributed by atoms with Crippen LogP contribution in [0.2, 0.25) is 0 Å². The van der Waals surface area contributed by atoms with Gasteiger partial charge in [-0.3, -0.25) is 4.90 Å². The summed E-state index contributed by atoms with van der Waals surface area (Å²) in [5.41, 5.74) is 2.47. The van der Waals surface area contributed by atoms with Crippen LogP contribution in [-0.2, 0) is 10.8 Å². The van der Waals surface area contributed by atoms with E-state index in [9.17, 15) is 0 Å². The van der Waals surface area contributed by atoms with Crippen molar-refractivity contribution in [3.05, 3.63) is 23.3 Å². The molecule has 1 aromatic rings. The van der Waals surface area contributed by atoms with E-state index in [0.717, 1.165) is 37.4 Å². The van der Waals surface area contributed by atoms with Crippen LogP contribution in [0.4, 0.5) is 0 Å². The molecule has 1 saturated carbocycles. The highest BCUT2D eigenvalue weighted by Gasteiger charge is 2.53. The number of likely N-dealkylation sites (tertiary alicyclic amines) is 1. The van der Waals surface area contributed by atoms with Crippen molar-refractivity contribution < 1.29 is 9.47 Å². The van der Waals surface area contributed by atoms with E-state index >= 15 is 0 Å². The summed E-state index contributed by atoms with van der Waals surface area (Å²) in [5, 5.41) is 0. The van der Waals surface area contributed by atoms with Crippen molar-refractivity contribution >= 4 is 0 Å². The molecule has 3 nitrogen and oxygen atoms in total. The van der Waals surface area contributed by atoms with Gasteiger partial charge in [0.15, 0.2) is 17.6 Å². The zero-order chi connectivity index (χ0) is 19.4. The summed E-state index contributed by atoms with van der Waals surface area (Å²) in [7, 11) is 0. The van der Waals surface area contributed by atoms with E-state index in [1.54, 1.807) is 0 Å². The van der Waals surface area contributed by atoms with Crippen LogP contribution in [0.25, 0.3) is 0 Å². The molecule has 1 aliphatic carbocycles. The SMILES string of the molecule is CC(C)(C)c1cc2c(c(C(C)(C)C)c1)O[C@H]1CCCC[C@]1(N1CCCC1)O2. The molecule has 0 amide bonds. The topological polar surface area (TPSA) is 21.7 Å².